The van der Waals surface area contributed by atoms with Gasteiger partial charge in [0.25, 0.3) is 5.69 Å². The first kappa shape index (κ1) is 13.5. The Morgan fingerprint density at radius 2 is 1.76 bits per heavy atom. The van der Waals surface area contributed by atoms with E-state index in [0.29, 0.717) is 6.42 Å². The third kappa shape index (κ3) is 3.14. The van der Waals surface area contributed by atoms with Gasteiger partial charge in [-0.3, -0.25) is 10.1 Å². The van der Waals surface area contributed by atoms with Crippen molar-refractivity contribution >= 4 is 17.0 Å². The second-order valence-electron chi connectivity index (χ2n) is 4.58. The molecule has 3 rings (SSSR count). The number of rotatable bonds is 4. The molecule has 0 amide bonds. The maximum Gasteiger partial charge on any atom is 0.269 e. The zero-order valence-corrected chi connectivity index (χ0v) is 11.9. The van der Waals surface area contributed by atoms with Crippen LogP contribution >= 0.6 is 11.3 Å². The molecule has 0 spiro atoms. The van der Waals surface area contributed by atoms with Gasteiger partial charge in [-0.1, -0.05) is 42.5 Å². The van der Waals surface area contributed by atoms with Crippen LogP contribution in [-0.4, -0.2) is 9.91 Å². The summed E-state index contributed by atoms with van der Waals surface area (Å²) in [5.74, 6) is 0. The first-order valence-corrected chi connectivity index (χ1v) is 7.27. The highest BCUT2D eigenvalue weighted by atomic mass is 32.1. The van der Waals surface area contributed by atoms with Crippen LogP contribution in [0.2, 0.25) is 0 Å². The van der Waals surface area contributed by atoms with Crippen molar-refractivity contribution in [2.45, 2.75) is 6.42 Å². The number of aromatic nitrogens is 1. The first-order valence-electron chi connectivity index (χ1n) is 6.46. The molecule has 3 aromatic rings. The highest BCUT2D eigenvalue weighted by molar-refractivity contribution is 7.15. The van der Waals surface area contributed by atoms with E-state index in [1.54, 1.807) is 23.5 Å². The molecule has 5 heteroatoms. The summed E-state index contributed by atoms with van der Waals surface area (Å²) >= 11 is 1.65. The molecule has 21 heavy (non-hydrogen) atoms. The number of hydrogen-bond donors (Lipinski definition) is 0. The summed E-state index contributed by atoms with van der Waals surface area (Å²) in [7, 11) is 0. The normalized spacial score (nSPS) is 10.5. The molecule has 0 N–H and O–H groups in total. The average molecular weight is 296 g/mol. The Morgan fingerprint density at radius 1 is 1.05 bits per heavy atom. The van der Waals surface area contributed by atoms with E-state index >= 15 is 0 Å². The largest absolute Gasteiger partial charge is 0.269 e. The van der Waals surface area contributed by atoms with E-state index in [-0.39, 0.29) is 10.6 Å². The highest BCUT2D eigenvalue weighted by Gasteiger charge is 2.07. The van der Waals surface area contributed by atoms with E-state index in [1.165, 1.54) is 12.1 Å². The number of benzene rings is 2. The van der Waals surface area contributed by atoms with Gasteiger partial charge in [-0.05, 0) is 11.1 Å². The van der Waals surface area contributed by atoms with Crippen LogP contribution in [0.25, 0.3) is 10.4 Å². The molecule has 0 radical (unpaired) electrons. The predicted octanol–water partition coefficient (Wildman–Crippen LogP) is 4.31. The highest BCUT2D eigenvalue weighted by Crippen LogP contribution is 2.27. The van der Waals surface area contributed by atoms with Crippen LogP contribution in [-0.2, 0) is 6.42 Å². The minimum atomic E-state index is -0.388. The van der Waals surface area contributed by atoms with Gasteiger partial charge in [-0.2, -0.15) is 0 Å². The van der Waals surface area contributed by atoms with Gasteiger partial charge in [-0.25, -0.2) is 4.98 Å². The van der Waals surface area contributed by atoms with Crippen molar-refractivity contribution in [3.8, 4) is 10.4 Å². The Bertz CT molecular complexity index is 751. The molecule has 0 unspecified atom stereocenters. The topological polar surface area (TPSA) is 56.0 Å². The van der Waals surface area contributed by atoms with Crippen LogP contribution < -0.4 is 0 Å². The summed E-state index contributed by atoms with van der Waals surface area (Å²) in [6.07, 6.45) is 2.57. The van der Waals surface area contributed by atoms with E-state index in [2.05, 4.69) is 17.1 Å². The van der Waals surface area contributed by atoms with E-state index in [9.17, 15) is 10.1 Å². The summed E-state index contributed by atoms with van der Waals surface area (Å²) in [5, 5.41) is 11.6. The lowest BCUT2D eigenvalue weighted by atomic mass is 10.1. The SMILES string of the molecule is O=[N+]([O-])c1ccc(Cc2ncc(-c3ccccc3)s2)cc1. The number of thiazole rings is 1. The number of nitrogens with zero attached hydrogens (tertiary/aromatic N) is 2. The fourth-order valence-corrected chi connectivity index (χ4v) is 3.00. The van der Waals surface area contributed by atoms with Crippen molar-refractivity contribution in [3.63, 3.8) is 0 Å². The van der Waals surface area contributed by atoms with Gasteiger partial charge in [0.05, 0.1) is 14.8 Å². The van der Waals surface area contributed by atoms with Gasteiger partial charge in [0.15, 0.2) is 0 Å². The van der Waals surface area contributed by atoms with Gasteiger partial charge < -0.3 is 0 Å². The Morgan fingerprint density at radius 3 is 2.43 bits per heavy atom. The minimum absolute atomic E-state index is 0.114. The van der Waals surface area contributed by atoms with Gasteiger partial charge in [-0.15, -0.1) is 11.3 Å². The average Bonchev–Trinajstić information content (AvgIpc) is 2.97. The third-order valence-corrected chi connectivity index (χ3v) is 4.16. The van der Waals surface area contributed by atoms with Gasteiger partial charge in [0.2, 0.25) is 0 Å². The molecule has 0 saturated heterocycles. The van der Waals surface area contributed by atoms with Crippen LogP contribution in [0.5, 0.6) is 0 Å². The Labute approximate surface area is 125 Å². The second kappa shape index (κ2) is 5.85. The molecule has 0 bridgehead atoms. The number of nitro benzene ring substituents is 1. The van der Waals surface area contributed by atoms with Crippen molar-refractivity contribution in [1.29, 1.82) is 0 Å². The Hall–Kier alpha value is -2.53. The van der Waals surface area contributed by atoms with E-state index < -0.39 is 0 Å². The summed E-state index contributed by atoms with van der Waals surface area (Å²) in [5.41, 5.74) is 2.29. The summed E-state index contributed by atoms with van der Waals surface area (Å²) < 4.78 is 0. The van der Waals surface area contributed by atoms with Gasteiger partial charge in [0.1, 0.15) is 0 Å². The molecular weight excluding hydrogens is 284 g/mol. The Balaban J connectivity index is 1.77. The lowest BCUT2D eigenvalue weighted by Gasteiger charge is -1.98. The Kier molecular flexibility index (Phi) is 3.75. The minimum Gasteiger partial charge on any atom is -0.258 e. The lowest BCUT2D eigenvalue weighted by molar-refractivity contribution is -0.384. The fraction of sp³-hybridized carbons (Fsp3) is 0.0625. The number of hydrogen-bond acceptors (Lipinski definition) is 4. The fourth-order valence-electron chi connectivity index (χ4n) is 2.04. The van der Waals surface area contributed by atoms with Crippen LogP contribution in [0, 0.1) is 10.1 Å². The summed E-state index contributed by atoms with van der Waals surface area (Å²) in [6.45, 7) is 0. The van der Waals surface area contributed by atoms with E-state index in [0.717, 1.165) is 21.0 Å². The van der Waals surface area contributed by atoms with Crippen molar-refractivity contribution in [1.82, 2.24) is 4.98 Å². The number of non-ortho nitro benzene ring substituents is 1. The molecule has 1 aromatic heterocycles. The van der Waals surface area contributed by atoms with Crippen LogP contribution in [0.1, 0.15) is 10.6 Å². The van der Waals surface area contributed by atoms with Crippen LogP contribution in [0.15, 0.2) is 60.8 Å². The lowest BCUT2D eigenvalue weighted by Crippen LogP contribution is -1.90. The van der Waals surface area contributed by atoms with E-state index in [1.807, 2.05) is 24.4 Å². The van der Waals surface area contributed by atoms with E-state index in [4.69, 9.17) is 0 Å². The third-order valence-electron chi connectivity index (χ3n) is 3.11. The van der Waals surface area contributed by atoms with Crippen molar-refractivity contribution < 1.29 is 4.92 Å². The van der Waals surface area contributed by atoms with Crippen molar-refractivity contribution in [2.75, 3.05) is 0 Å². The molecule has 4 nitrogen and oxygen atoms in total. The molecule has 0 atom stereocenters. The zero-order valence-electron chi connectivity index (χ0n) is 11.1. The monoisotopic (exact) mass is 296 g/mol. The second-order valence-corrected chi connectivity index (χ2v) is 5.70. The molecule has 0 fully saturated rings. The quantitative estimate of drug-likeness (QED) is 0.532. The maximum absolute atomic E-state index is 10.6. The smallest absolute Gasteiger partial charge is 0.258 e. The van der Waals surface area contributed by atoms with Crippen molar-refractivity contribution in [3.05, 3.63) is 81.5 Å². The molecule has 0 saturated carbocycles. The molecule has 1 heterocycles. The first-order chi connectivity index (χ1) is 10.2. The summed E-state index contributed by atoms with van der Waals surface area (Å²) in [4.78, 5) is 15.8. The molecule has 0 aliphatic rings. The molecule has 104 valence electrons. The molecule has 0 aliphatic carbocycles. The molecule has 2 aromatic carbocycles. The van der Waals surface area contributed by atoms with Crippen LogP contribution in [0.3, 0.4) is 0 Å². The van der Waals surface area contributed by atoms with Crippen molar-refractivity contribution in [2.24, 2.45) is 0 Å². The molecular formula is C16H12N2O2S. The maximum atomic E-state index is 10.6. The predicted molar refractivity (Wildman–Crippen MR) is 83.5 cm³/mol. The van der Waals surface area contributed by atoms with Gasteiger partial charge in [0, 0.05) is 24.8 Å². The summed E-state index contributed by atoms with van der Waals surface area (Å²) in [6, 6.07) is 16.7. The zero-order chi connectivity index (χ0) is 14.7. The van der Waals surface area contributed by atoms with Gasteiger partial charge >= 0.3 is 0 Å². The molecule has 0 aliphatic heterocycles. The standard InChI is InChI=1S/C16H12N2O2S/c19-18(20)14-8-6-12(7-9-14)10-16-17-11-15(21-16)13-4-2-1-3-5-13/h1-9,11H,10H2. The van der Waals surface area contributed by atoms with Crippen LogP contribution in [0.4, 0.5) is 5.69 Å². The number of nitro groups is 1.